The molecule has 6 fully saturated rings. The molecule has 1 aliphatic carbocycles. The molecule has 0 aromatic rings. The van der Waals surface area contributed by atoms with E-state index >= 15 is 0 Å². The molecule has 6 aliphatic rings. The lowest BCUT2D eigenvalue weighted by Gasteiger charge is -2.59. The fraction of sp³-hybridized carbons (Fsp3) is 1.00. The lowest BCUT2D eigenvalue weighted by Crippen LogP contribution is -2.70. The zero-order chi connectivity index (χ0) is 11.6. The monoisotopic (exact) mass is 224 g/mol. The van der Waals surface area contributed by atoms with Crippen LogP contribution in [0.3, 0.4) is 0 Å². The van der Waals surface area contributed by atoms with Crippen LogP contribution in [0.5, 0.6) is 0 Å². The Kier molecular flexibility index (Phi) is 2.23. The first kappa shape index (κ1) is 11.0. The third-order valence-corrected chi connectivity index (χ3v) is 5.96. The van der Waals surface area contributed by atoms with Crippen molar-refractivity contribution in [1.82, 2.24) is 0 Å². The van der Waals surface area contributed by atoms with Crippen molar-refractivity contribution in [2.24, 2.45) is 11.8 Å². The van der Waals surface area contributed by atoms with Gasteiger partial charge in [-0.1, -0.05) is 0 Å². The van der Waals surface area contributed by atoms with Crippen LogP contribution in [-0.4, -0.2) is 62.3 Å². The predicted molar refractivity (Wildman–Crippen MR) is 67.0 cm³/mol. The van der Waals surface area contributed by atoms with Gasteiger partial charge in [-0.25, -0.2) is 0 Å². The number of nitrogens with zero attached hydrogens (tertiary/aromatic N) is 2. The van der Waals surface area contributed by atoms with Crippen LogP contribution in [0.25, 0.3) is 0 Å². The smallest absolute Gasteiger partial charge is 0.0969 e. The Bertz CT molecular complexity index is 265. The third-order valence-electron chi connectivity index (χ3n) is 5.96. The molecule has 0 spiro atoms. The Hall–Kier alpha value is -0.0800. The summed E-state index contributed by atoms with van der Waals surface area (Å²) in [5.74, 6) is 1.98. The van der Waals surface area contributed by atoms with Gasteiger partial charge in [-0.15, -0.1) is 0 Å². The summed E-state index contributed by atoms with van der Waals surface area (Å²) in [6.45, 7) is 2.88. The van der Waals surface area contributed by atoms with Crippen molar-refractivity contribution in [2.75, 3.05) is 41.3 Å². The van der Waals surface area contributed by atoms with Crippen molar-refractivity contribution in [3.63, 3.8) is 0 Å². The molecule has 0 unspecified atom stereocenters. The van der Waals surface area contributed by atoms with Crippen LogP contribution < -0.4 is 0 Å². The summed E-state index contributed by atoms with van der Waals surface area (Å²) in [5.41, 5.74) is 0. The van der Waals surface area contributed by atoms with E-state index in [1.807, 2.05) is 0 Å². The van der Waals surface area contributed by atoms with Gasteiger partial charge in [-0.3, -0.25) is 0 Å². The van der Waals surface area contributed by atoms with Crippen LogP contribution in [0.1, 0.15) is 25.7 Å². The topological polar surface area (TPSA) is 0 Å². The molecule has 0 amide bonds. The van der Waals surface area contributed by atoms with Crippen molar-refractivity contribution in [3.8, 4) is 0 Å². The molecule has 16 heavy (non-hydrogen) atoms. The lowest BCUT2D eigenvalue weighted by molar-refractivity contribution is -0.977. The van der Waals surface area contributed by atoms with Gasteiger partial charge < -0.3 is 8.97 Å². The first-order valence-corrected chi connectivity index (χ1v) is 7.05. The molecule has 4 atom stereocenters. The summed E-state index contributed by atoms with van der Waals surface area (Å²) < 4.78 is 2.62. The Morgan fingerprint density at radius 2 is 1.00 bits per heavy atom. The molecule has 0 N–H and O–H groups in total. The molecule has 0 radical (unpaired) electrons. The molecule has 0 aromatic carbocycles. The third kappa shape index (κ3) is 1.46. The van der Waals surface area contributed by atoms with Gasteiger partial charge in [0.15, 0.2) is 0 Å². The number of rotatable bonds is 0. The average Bonchev–Trinajstić information content (AvgIpc) is 2.10. The van der Waals surface area contributed by atoms with E-state index < -0.39 is 0 Å². The summed E-state index contributed by atoms with van der Waals surface area (Å²) in [4.78, 5) is 0. The number of hydrogen-bond donors (Lipinski definition) is 0. The molecule has 92 valence electrons. The van der Waals surface area contributed by atoms with Crippen molar-refractivity contribution < 1.29 is 8.97 Å². The standard InChI is InChI=1S/C14H28N2/c1-15(2)9-11-5-7-13(15)12-6-8-14(11)16(3,4)10-12/h11-14H,5-10H2,1-4H3/q+2/t11-,12-,13-,14+/m1/s1. The van der Waals surface area contributed by atoms with E-state index in [0.29, 0.717) is 0 Å². The normalized spacial score (nSPS) is 48.8. The maximum absolute atomic E-state index is 2.48. The minimum atomic E-state index is 0.954. The highest BCUT2D eigenvalue weighted by molar-refractivity contribution is 4.89. The molecule has 1 saturated carbocycles. The van der Waals surface area contributed by atoms with Crippen LogP contribution in [0.2, 0.25) is 0 Å². The van der Waals surface area contributed by atoms with Crippen LogP contribution in [0.4, 0.5) is 0 Å². The largest absolute Gasteiger partial charge is 0.325 e. The first-order chi connectivity index (χ1) is 7.40. The van der Waals surface area contributed by atoms with Crippen molar-refractivity contribution >= 4 is 0 Å². The van der Waals surface area contributed by atoms with Gasteiger partial charge in [0.2, 0.25) is 0 Å². The molecule has 5 saturated heterocycles. The molecule has 2 heteroatoms. The summed E-state index contributed by atoms with van der Waals surface area (Å²) in [6.07, 6.45) is 6.02. The van der Waals surface area contributed by atoms with E-state index in [4.69, 9.17) is 0 Å². The second-order valence-electron chi connectivity index (χ2n) is 7.73. The van der Waals surface area contributed by atoms with Crippen molar-refractivity contribution in [3.05, 3.63) is 0 Å². The van der Waals surface area contributed by atoms with Crippen LogP contribution in [0, 0.1) is 11.8 Å². The molecule has 0 aromatic heterocycles. The van der Waals surface area contributed by atoms with Gasteiger partial charge in [0.1, 0.15) is 0 Å². The van der Waals surface area contributed by atoms with Crippen LogP contribution in [-0.2, 0) is 0 Å². The molecule has 5 aliphatic heterocycles. The van der Waals surface area contributed by atoms with Gasteiger partial charge in [0, 0.05) is 12.8 Å². The van der Waals surface area contributed by atoms with E-state index in [9.17, 15) is 0 Å². The molecular formula is C14H28N2+2. The highest BCUT2D eigenvalue weighted by atomic mass is 15.4. The second-order valence-corrected chi connectivity index (χ2v) is 7.73. The fourth-order valence-corrected chi connectivity index (χ4v) is 5.37. The quantitative estimate of drug-likeness (QED) is 0.550. The Morgan fingerprint density at radius 3 is 1.31 bits per heavy atom. The number of piperidine rings is 2. The fourth-order valence-electron chi connectivity index (χ4n) is 5.37. The van der Waals surface area contributed by atoms with Crippen molar-refractivity contribution in [1.29, 1.82) is 0 Å². The van der Waals surface area contributed by atoms with Gasteiger partial charge in [0.05, 0.1) is 65.2 Å². The maximum Gasteiger partial charge on any atom is 0.0969 e. The number of hydrogen-bond acceptors (Lipinski definition) is 0. The van der Waals surface area contributed by atoms with Gasteiger partial charge in [-0.2, -0.15) is 0 Å². The number of quaternary nitrogens is 2. The highest BCUT2D eigenvalue weighted by Gasteiger charge is 2.55. The van der Waals surface area contributed by atoms with E-state index in [2.05, 4.69) is 28.2 Å². The molecule has 2 nitrogen and oxygen atoms in total. The van der Waals surface area contributed by atoms with Crippen LogP contribution in [0.15, 0.2) is 0 Å². The van der Waals surface area contributed by atoms with E-state index in [1.54, 1.807) is 0 Å². The van der Waals surface area contributed by atoms with Gasteiger partial charge in [0.25, 0.3) is 0 Å². The van der Waals surface area contributed by atoms with E-state index in [0.717, 1.165) is 23.9 Å². The Labute approximate surface area is 100 Å². The summed E-state index contributed by atoms with van der Waals surface area (Å²) >= 11 is 0. The SMILES string of the molecule is C[N+]1(C)C[C@H]2CC[C@@H]1[C@@H]1CC[C@@H]2[N+](C)(C)C1. The second kappa shape index (κ2) is 3.23. The summed E-state index contributed by atoms with van der Waals surface area (Å²) in [6, 6.07) is 1.91. The minimum absolute atomic E-state index is 0.954. The Balaban J connectivity index is 1.99. The van der Waals surface area contributed by atoms with Gasteiger partial charge in [-0.05, 0) is 12.8 Å². The predicted octanol–water partition coefficient (Wildman–Crippen LogP) is 1.71. The molecule has 4 bridgehead atoms. The van der Waals surface area contributed by atoms with Gasteiger partial charge >= 0.3 is 0 Å². The average molecular weight is 224 g/mol. The molecule has 6 rings (SSSR count). The summed E-state index contributed by atoms with van der Waals surface area (Å²) in [5, 5.41) is 0. The van der Waals surface area contributed by atoms with Crippen molar-refractivity contribution in [2.45, 2.75) is 37.8 Å². The van der Waals surface area contributed by atoms with E-state index in [1.165, 1.54) is 47.7 Å². The Morgan fingerprint density at radius 1 is 0.625 bits per heavy atom. The lowest BCUT2D eigenvalue weighted by atomic mass is 9.70. The summed E-state index contributed by atoms with van der Waals surface area (Å²) in [7, 11) is 9.93. The van der Waals surface area contributed by atoms with Crippen LogP contribution >= 0.6 is 0 Å². The molecular weight excluding hydrogens is 196 g/mol. The zero-order valence-electron chi connectivity index (χ0n) is 11.4. The first-order valence-electron chi connectivity index (χ1n) is 7.05. The minimum Gasteiger partial charge on any atom is -0.325 e. The molecule has 5 heterocycles. The maximum atomic E-state index is 2.48. The van der Waals surface area contributed by atoms with E-state index in [-0.39, 0.29) is 0 Å². The zero-order valence-corrected chi connectivity index (χ0v) is 11.4. The highest BCUT2D eigenvalue weighted by Crippen LogP contribution is 2.45.